The van der Waals surface area contributed by atoms with E-state index in [0.29, 0.717) is 36.2 Å². The van der Waals surface area contributed by atoms with Gasteiger partial charge in [-0.05, 0) is 94.8 Å². The molecule has 1 aromatic carbocycles. The van der Waals surface area contributed by atoms with Gasteiger partial charge in [0, 0.05) is 13.2 Å². The number of likely N-dealkylation sites (tertiary alicyclic amines) is 1. The standard InChI is InChI=1S/C28H36ClN7O3S/c1-17-13-23(25(39-19-7-8-19)14-21(17)18-9-11-35(2)12-10-18)32-28-30-15-22(29)26(33-28)31-24-16-36(3)34-27(24)40(37,38)20-5-4-6-20/h13-16,18-20H,4-12H2,1-3H3,(H2,30,31,32,33). The summed E-state index contributed by atoms with van der Waals surface area (Å²) < 4.78 is 34.1. The lowest BCUT2D eigenvalue weighted by atomic mass is 9.86. The summed E-state index contributed by atoms with van der Waals surface area (Å²) in [6, 6.07) is 4.30. The van der Waals surface area contributed by atoms with Crippen molar-refractivity contribution in [2.75, 3.05) is 30.8 Å². The van der Waals surface area contributed by atoms with Gasteiger partial charge < -0.3 is 20.3 Å². The third-order valence-corrected chi connectivity index (χ3v) is 10.6. The number of nitrogens with zero attached hydrogens (tertiary/aromatic N) is 5. The number of aromatic nitrogens is 4. The second-order valence-electron chi connectivity index (χ2n) is 11.4. The molecule has 0 amide bonds. The van der Waals surface area contributed by atoms with Crippen molar-refractivity contribution < 1.29 is 13.2 Å². The van der Waals surface area contributed by atoms with Crippen molar-refractivity contribution in [2.45, 2.75) is 74.2 Å². The van der Waals surface area contributed by atoms with Crippen LogP contribution in [0.1, 0.15) is 62.0 Å². The van der Waals surface area contributed by atoms with E-state index in [1.807, 2.05) is 0 Å². The number of halogens is 1. The first-order valence-electron chi connectivity index (χ1n) is 14.0. The smallest absolute Gasteiger partial charge is 0.229 e. The van der Waals surface area contributed by atoms with Crippen molar-refractivity contribution in [3.63, 3.8) is 0 Å². The quantitative estimate of drug-likeness (QED) is 0.343. The Labute approximate surface area is 240 Å². The molecule has 3 aromatic rings. The van der Waals surface area contributed by atoms with Crippen LogP contribution in [-0.2, 0) is 16.9 Å². The second-order valence-corrected chi connectivity index (χ2v) is 13.9. The van der Waals surface area contributed by atoms with E-state index in [4.69, 9.17) is 16.3 Å². The first-order valence-corrected chi connectivity index (χ1v) is 15.9. The van der Waals surface area contributed by atoms with Crippen molar-refractivity contribution in [3.8, 4) is 5.75 Å². The van der Waals surface area contributed by atoms with Crippen LogP contribution in [0.25, 0.3) is 0 Å². The average molecular weight is 586 g/mol. The summed E-state index contributed by atoms with van der Waals surface area (Å²) in [5, 5.41) is 10.6. The Morgan fingerprint density at radius 1 is 1.02 bits per heavy atom. The summed E-state index contributed by atoms with van der Waals surface area (Å²) in [4.78, 5) is 11.4. The Kier molecular flexibility index (Phi) is 7.39. The van der Waals surface area contributed by atoms with Crippen LogP contribution in [0, 0.1) is 6.92 Å². The maximum Gasteiger partial charge on any atom is 0.229 e. The van der Waals surface area contributed by atoms with Crippen LogP contribution in [-0.4, -0.2) is 64.6 Å². The predicted octanol–water partition coefficient (Wildman–Crippen LogP) is 5.34. The Morgan fingerprint density at radius 3 is 2.45 bits per heavy atom. The molecule has 3 fully saturated rings. The zero-order valence-electron chi connectivity index (χ0n) is 23.2. The normalized spacial score (nSPS) is 18.9. The fraction of sp³-hybridized carbons (Fsp3) is 0.536. The van der Waals surface area contributed by atoms with E-state index in [1.165, 1.54) is 22.0 Å². The third kappa shape index (κ3) is 5.64. The molecule has 2 N–H and O–H groups in total. The Bertz CT molecular complexity index is 1510. The molecule has 3 aliphatic rings. The van der Waals surface area contributed by atoms with E-state index in [0.717, 1.165) is 56.6 Å². The Morgan fingerprint density at radius 2 is 1.77 bits per heavy atom. The van der Waals surface area contributed by atoms with Crippen LogP contribution in [0.2, 0.25) is 5.02 Å². The highest BCUT2D eigenvalue weighted by atomic mass is 35.5. The van der Waals surface area contributed by atoms with E-state index in [9.17, 15) is 8.42 Å². The zero-order chi connectivity index (χ0) is 28.0. The van der Waals surface area contributed by atoms with E-state index in [2.05, 4.69) is 56.7 Å². The molecule has 40 heavy (non-hydrogen) atoms. The molecule has 0 unspecified atom stereocenters. The van der Waals surface area contributed by atoms with Gasteiger partial charge in [0.1, 0.15) is 10.8 Å². The van der Waals surface area contributed by atoms with Crippen LogP contribution < -0.4 is 15.4 Å². The molecule has 0 radical (unpaired) electrons. The van der Waals surface area contributed by atoms with Gasteiger partial charge in [-0.25, -0.2) is 13.4 Å². The number of hydrogen-bond donors (Lipinski definition) is 2. The number of hydrogen-bond acceptors (Lipinski definition) is 9. The second kappa shape index (κ2) is 10.8. The first-order chi connectivity index (χ1) is 19.2. The molecular formula is C28H36ClN7O3S. The fourth-order valence-electron chi connectivity index (χ4n) is 5.39. The maximum atomic E-state index is 13.1. The molecule has 0 bridgehead atoms. The van der Waals surface area contributed by atoms with Crippen molar-refractivity contribution >= 4 is 44.6 Å². The van der Waals surface area contributed by atoms with Crippen LogP contribution >= 0.6 is 11.6 Å². The SMILES string of the molecule is Cc1cc(Nc2ncc(Cl)c(Nc3cn(C)nc3S(=O)(=O)C3CCC3)n2)c(OC2CC2)cc1C1CCN(C)CC1. The molecule has 12 heteroatoms. The molecular weight excluding hydrogens is 550 g/mol. The van der Waals surface area contributed by atoms with Gasteiger partial charge in [-0.3, -0.25) is 4.68 Å². The molecule has 10 nitrogen and oxygen atoms in total. The van der Waals surface area contributed by atoms with E-state index in [-0.39, 0.29) is 16.2 Å². The topological polar surface area (TPSA) is 114 Å². The van der Waals surface area contributed by atoms with Crippen molar-refractivity contribution in [2.24, 2.45) is 7.05 Å². The number of rotatable bonds is 9. The molecule has 2 aromatic heterocycles. The zero-order valence-corrected chi connectivity index (χ0v) is 24.7. The third-order valence-electron chi connectivity index (χ3n) is 8.14. The molecule has 6 rings (SSSR count). The average Bonchev–Trinajstić information content (AvgIpc) is 3.61. The Hall–Kier alpha value is -2.89. The number of aryl methyl sites for hydroxylation is 2. The predicted molar refractivity (Wildman–Crippen MR) is 156 cm³/mol. The molecule has 2 aliphatic carbocycles. The van der Waals surface area contributed by atoms with Gasteiger partial charge in [0.2, 0.25) is 20.8 Å². The van der Waals surface area contributed by atoms with Crippen molar-refractivity contribution in [3.05, 3.63) is 40.7 Å². The van der Waals surface area contributed by atoms with Crippen LogP contribution in [0.4, 0.5) is 23.1 Å². The summed E-state index contributed by atoms with van der Waals surface area (Å²) in [7, 11) is 0.317. The molecule has 1 aliphatic heterocycles. The van der Waals surface area contributed by atoms with Gasteiger partial charge in [0.25, 0.3) is 0 Å². The van der Waals surface area contributed by atoms with Gasteiger partial charge in [-0.15, -0.1) is 0 Å². The minimum Gasteiger partial charge on any atom is -0.488 e. The summed E-state index contributed by atoms with van der Waals surface area (Å²) in [6.45, 7) is 4.33. The van der Waals surface area contributed by atoms with Gasteiger partial charge in [-0.1, -0.05) is 18.0 Å². The minimum atomic E-state index is -3.55. The number of sulfone groups is 1. The highest BCUT2D eigenvalue weighted by molar-refractivity contribution is 7.92. The highest BCUT2D eigenvalue weighted by Crippen LogP contribution is 2.40. The number of nitrogens with one attached hydrogen (secondary N) is 2. The molecule has 3 heterocycles. The van der Waals surface area contributed by atoms with Crippen molar-refractivity contribution in [1.82, 2.24) is 24.6 Å². The van der Waals surface area contributed by atoms with Crippen LogP contribution in [0.15, 0.2) is 29.6 Å². The molecule has 214 valence electrons. The van der Waals surface area contributed by atoms with Gasteiger partial charge in [-0.2, -0.15) is 10.1 Å². The Balaban J connectivity index is 1.27. The lowest BCUT2D eigenvalue weighted by molar-refractivity contribution is 0.254. The van der Waals surface area contributed by atoms with Gasteiger partial charge in [0.05, 0.1) is 28.9 Å². The minimum absolute atomic E-state index is 0.0177. The monoisotopic (exact) mass is 585 g/mol. The number of benzene rings is 1. The summed E-state index contributed by atoms with van der Waals surface area (Å²) >= 11 is 6.45. The first kappa shape index (κ1) is 27.3. The van der Waals surface area contributed by atoms with Crippen molar-refractivity contribution in [1.29, 1.82) is 0 Å². The molecule has 0 atom stereocenters. The summed E-state index contributed by atoms with van der Waals surface area (Å²) in [5.74, 6) is 1.93. The maximum absolute atomic E-state index is 13.1. The number of anilines is 4. The lowest BCUT2D eigenvalue weighted by Crippen LogP contribution is -2.29. The van der Waals surface area contributed by atoms with Gasteiger partial charge in [0.15, 0.2) is 5.82 Å². The van der Waals surface area contributed by atoms with Gasteiger partial charge >= 0.3 is 0 Å². The highest BCUT2D eigenvalue weighted by Gasteiger charge is 2.36. The molecule has 1 saturated heterocycles. The largest absolute Gasteiger partial charge is 0.488 e. The molecule has 2 saturated carbocycles. The van der Waals surface area contributed by atoms with Crippen LogP contribution in [0.5, 0.6) is 5.75 Å². The molecule has 0 spiro atoms. The van der Waals surface area contributed by atoms with E-state index in [1.54, 1.807) is 13.2 Å². The fourth-order valence-corrected chi connectivity index (χ4v) is 7.45. The van der Waals surface area contributed by atoms with E-state index < -0.39 is 15.1 Å². The number of ether oxygens (including phenoxy) is 1. The van der Waals surface area contributed by atoms with E-state index >= 15 is 0 Å². The summed E-state index contributed by atoms with van der Waals surface area (Å²) in [6.07, 6.45) is 9.96. The number of piperidine rings is 1. The summed E-state index contributed by atoms with van der Waals surface area (Å²) in [5.41, 5.74) is 3.68. The van der Waals surface area contributed by atoms with Crippen LogP contribution in [0.3, 0.4) is 0 Å². The lowest BCUT2D eigenvalue weighted by Gasteiger charge is -2.30.